The monoisotopic (exact) mass is 474 g/mol. The van der Waals surface area contributed by atoms with E-state index in [1.807, 2.05) is 30.3 Å². The molecule has 35 heavy (non-hydrogen) atoms. The molecule has 0 amide bonds. The first-order valence-electron chi connectivity index (χ1n) is 13.8. The van der Waals surface area contributed by atoms with Gasteiger partial charge in [-0.15, -0.1) is 0 Å². The molecule has 0 N–H and O–H groups in total. The number of hydrogen-bond acceptors (Lipinski definition) is 0. The largest absolute Gasteiger partial charge is 0.207 e. The summed E-state index contributed by atoms with van der Waals surface area (Å²) < 4.78 is 28.2. The SMILES string of the molecule is CCCCCCC[C@H]1CC[C@H](c2ccc(-c3ccc(CCc4ccc(F)cc4)cc3)c(F)c2)CC1. The minimum atomic E-state index is -0.202. The molecule has 1 fully saturated rings. The van der Waals surface area contributed by atoms with Crippen molar-refractivity contribution in [1.29, 1.82) is 0 Å². The third-order valence-electron chi connectivity index (χ3n) is 7.91. The van der Waals surface area contributed by atoms with Gasteiger partial charge in [0.05, 0.1) is 0 Å². The van der Waals surface area contributed by atoms with Crippen LogP contribution in [0.25, 0.3) is 11.1 Å². The van der Waals surface area contributed by atoms with Gasteiger partial charge in [0, 0.05) is 5.56 Å². The maximum absolute atomic E-state index is 15.1. The molecule has 0 spiro atoms. The van der Waals surface area contributed by atoms with Crippen LogP contribution in [0.2, 0.25) is 0 Å². The molecule has 0 saturated heterocycles. The van der Waals surface area contributed by atoms with Crippen LogP contribution in [0.5, 0.6) is 0 Å². The molecule has 1 saturated carbocycles. The quantitative estimate of drug-likeness (QED) is 0.243. The fraction of sp³-hybridized carbons (Fsp3) is 0.455. The van der Waals surface area contributed by atoms with E-state index in [-0.39, 0.29) is 11.6 Å². The van der Waals surface area contributed by atoms with Gasteiger partial charge in [-0.25, -0.2) is 8.78 Å². The smallest absolute Gasteiger partial charge is 0.131 e. The first-order chi connectivity index (χ1) is 17.1. The van der Waals surface area contributed by atoms with Gasteiger partial charge in [-0.2, -0.15) is 0 Å². The lowest BCUT2D eigenvalue weighted by Crippen LogP contribution is -2.13. The molecular formula is C33H40F2. The van der Waals surface area contributed by atoms with Gasteiger partial charge >= 0.3 is 0 Å². The van der Waals surface area contributed by atoms with Crippen molar-refractivity contribution in [3.8, 4) is 11.1 Å². The van der Waals surface area contributed by atoms with E-state index in [2.05, 4.69) is 25.1 Å². The van der Waals surface area contributed by atoms with Crippen molar-refractivity contribution in [2.75, 3.05) is 0 Å². The average molecular weight is 475 g/mol. The van der Waals surface area contributed by atoms with E-state index in [4.69, 9.17) is 0 Å². The first kappa shape index (κ1) is 25.6. The fourth-order valence-corrected chi connectivity index (χ4v) is 5.63. The van der Waals surface area contributed by atoms with Gasteiger partial charge < -0.3 is 0 Å². The van der Waals surface area contributed by atoms with Crippen molar-refractivity contribution in [2.45, 2.75) is 89.9 Å². The standard InChI is InChI=1S/C33H40F2/c1-2-3-4-5-6-7-25-10-16-28(17-11-25)30-20-23-32(33(35)24-30)29-18-12-26(13-19-29)8-9-27-14-21-31(34)22-15-27/h12-15,18-25,28H,2-11,16-17H2,1H3/t25-,28-. The zero-order chi connectivity index (χ0) is 24.5. The predicted molar refractivity (Wildman–Crippen MR) is 144 cm³/mol. The summed E-state index contributed by atoms with van der Waals surface area (Å²) in [5.41, 5.74) is 5.10. The van der Waals surface area contributed by atoms with Gasteiger partial charge in [-0.05, 0) is 90.8 Å². The second kappa shape index (κ2) is 13.0. The molecule has 4 rings (SSSR count). The van der Waals surface area contributed by atoms with Crippen LogP contribution in [-0.4, -0.2) is 0 Å². The zero-order valence-electron chi connectivity index (χ0n) is 21.2. The van der Waals surface area contributed by atoms with Gasteiger partial charge in [0.1, 0.15) is 11.6 Å². The van der Waals surface area contributed by atoms with E-state index in [9.17, 15) is 4.39 Å². The van der Waals surface area contributed by atoms with Gasteiger partial charge in [-0.3, -0.25) is 0 Å². The minimum absolute atomic E-state index is 0.111. The summed E-state index contributed by atoms with van der Waals surface area (Å²) in [5.74, 6) is 1.06. The molecule has 0 heterocycles. The van der Waals surface area contributed by atoms with E-state index in [0.717, 1.165) is 29.9 Å². The second-order valence-electron chi connectivity index (χ2n) is 10.5. The van der Waals surface area contributed by atoms with Crippen molar-refractivity contribution >= 4 is 0 Å². The Morgan fingerprint density at radius 2 is 1.31 bits per heavy atom. The van der Waals surface area contributed by atoms with Crippen LogP contribution < -0.4 is 0 Å². The van der Waals surface area contributed by atoms with Gasteiger partial charge in [-0.1, -0.05) is 94.0 Å². The topological polar surface area (TPSA) is 0 Å². The predicted octanol–water partition coefficient (Wildman–Crippen LogP) is 10.1. The third kappa shape index (κ3) is 7.50. The fourth-order valence-electron chi connectivity index (χ4n) is 5.63. The summed E-state index contributed by atoms with van der Waals surface area (Å²) in [6, 6.07) is 20.8. The number of unbranched alkanes of at least 4 members (excludes halogenated alkanes) is 4. The van der Waals surface area contributed by atoms with Crippen LogP contribution in [0.15, 0.2) is 66.7 Å². The van der Waals surface area contributed by atoms with Crippen molar-refractivity contribution < 1.29 is 8.78 Å². The molecule has 0 aromatic heterocycles. The lowest BCUT2D eigenvalue weighted by Gasteiger charge is -2.29. The van der Waals surface area contributed by atoms with Crippen molar-refractivity contribution in [2.24, 2.45) is 5.92 Å². The Labute approximate surface area is 210 Å². The second-order valence-corrected chi connectivity index (χ2v) is 10.5. The maximum atomic E-state index is 15.1. The van der Waals surface area contributed by atoms with Crippen molar-refractivity contribution in [3.63, 3.8) is 0 Å². The lowest BCUT2D eigenvalue weighted by atomic mass is 9.77. The average Bonchev–Trinajstić information content (AvgIpc) is 2.89. The maximum Gasteiger partial charge on any atom is 0.131 e. The van der Waals surface area contributed by atoms with Crippen LogP contribution in [0.1, 0.15) is 93.7 Å². The minimum Gasteiger partial charge on any atom is -0.207 e. The van der Waals surface area contributed by atoms with E-state index in [1.165, 1.54) is 87.5 Å². The normalized spacial score (nSPS) is 18.0. The summed E-state index contributed by atoms with van der Waals surface area (Å²) >= 11 is 0. The van der Waals surface area contributed by atoms with Gasteiger partial charge in [0.25, 0.3) is 0 Å². The Morgan fingerprint density at radius 1 is 0.686 bits per heavy atom. The Kier molecular flexibility index (Phi) is 9.51. The molecule has 1 aliphatic rings. The highest BCUT2D eigenvalue weighted by atomic mass is 19.1. The molecule has 3 aromatic rings. The summed E-state index contributed by atoms with van der Waals surface area (Å²) in [5, 5.41) is 0. The summed E-state index contributed by atoms with van der Waals surface area (Å²) in [6.07, 6.45) is 14.9. The van der Waals surface area contributed by atoms with E-state index < -0.39 is 0 Å². The number of aryl methyl sites for hydroxylation is 2. The zero-order valence-corrected chi connectivity index (χ0v) is 21.2. The summed E-state index contributed by atoms with van der Waals surface area (Å²) in [6.45, 7) is 2.27. The highest BCUT2D eigenvalue weighted by molar-refractivity contribution is 5.65. The number of hydrogen-bond donors (Lipinski definition) is 0. The van der Waals surface area contributed by atoms with Crippen LogP contribution in [0.3, 0.4) is 0 Å². The van der Waals surface area contributed by atoms with Gasteiger partial charge in [0.2, 0.25) is 0 Å². The van der Waals surface area contributed by atoms with Crippen LogP contribution in [-0.2, 0) is 12.8 Å². The number of benzene rings is 3. The first-order valence-corrected chi connectivity index (χ1v) is 13.8. The molecule has 2 heteroatoms. The Balaban J connectivity index is 1.28. The summed E-state index contributed by atoms with van der Waals surface area (Å²) in [4.78, 5) is 0. The van der Waals surface area contributed by atoms with Crippen LogP contribution in [0, 0.1) is 17.6 Å². The number of rotatable bonds is 11. The van der Waals surface area contributed by atoms with Gasteiger partial charge in [0.15, 0.2) is 0 Å². The van der Waals surface area contributed by atoms with E-state index in [1.54, 1.807) is 6.07 Å². The summed E-state index contributed by atoms with van der Waals surface area (Å²) in [7, 11) is 0. The van der Waals surface area contributed by atoms with Crippen LogP contribution >= 0.6 is 0 Å². The highest BCUT2D eigenvalue weighted by Gasteiger charge is 2.23. The molecule has 3 aromatic carbocycles. The molecular weight excluding hydrogens is 434 g/mol. The van der Waals surface area contributed by atoms with Crippen LogP contribution in [0.4, 0.5) is 8.78 Å². The molecule has 0 aliphatic heterocycles. The molecule has 1 aliphatic carbocycles. The molecule has 0 nitrogen and oxygen atoms in total. The molecule has 0 atom stereocenters. The van der Waals surface area contributed by atoms with Crippen molar-refractivity contribution in [3.05, 3.63) is 95.1 Å². The number of halogens is 2. The molecule has 186 valence electrons. The van der Waals surface area contributed by atoms with E-state index in [0.29, 0.717) is 11.5 Å². The Bertz CT molecular complexity index is 1030. The van der Waals surface area contributed by atoms with Crippen molar-refractivity contribution in [1.82, 2.24) is 0 Å². The third-order valence-corrected chi connectivity index (χ3v) is 7.91. The molecule has 0 radical (unpaired) electrons. The highest BCUT2D eigenvalue weighted by Crippen LogP contribution is 2.39. The Hall–Kier alpha value is -2.48. The lowest BCUT2D eigenvalue weighted by molar-refractivity contribution is 0.301. The molecule has 0 bridgehead atoms. The molecule has 0 unspecified atom stereocenters. The Morgan fingerprint density at radius 3 is 1.94 bits per heavy atom. The van der Waals surface area contributed by atoms with E-state index >= 15 is 4.39 Å².